The Labute approximate surface area is 175 Å². The van der Waals surface area contributed by atoms with Crippen LogP contribution in [0.15, 0.2) is 61.1 Å². The summed E-state index contributed by atoms with van der Waals surface area (Å²) in [5.74, 6) is 1.19. The first-order chi connectivity index (χ1) is 14.6. The van der Waals surface area contributed by atoms with Gasteiger partial charge >= 0.3 is 0 Å². The molecule has 0 saturated heterocycles. The minimum absolute atomic E-state index is 0.00378. The minimum atomic E-state index is -0.0896. The second-order valence-electron chi connectivity index (χ2n) is 7.09. The average Bonchev–Trinajstić information content (AvgIpc) is 3.21. The van der Waals surface area contributed by atoms with Gasteiger partial charge in [0, 0.05) is 49.7 Å². The molecular weight excluding hydrogens is 378 g/mol. The maximum atomic E-state index is 11.8. The minimum Gasteiger partial charge on any atom is -0.484 e. The van der Waals surface area contributed by atoms with Crippen LogP contribution in [0.3, 0.4) is 0 Å². The second kappa shape index (κ2) is 8.32. The lowest BCUT2D eigenvalue weighted by molar-refractivity contribution is -0.130. The molecule has 0 aliphatic carbocycles. The van der Waals surface area contributed by atoms with Crippen LogP contribution in [0, 0.1) is 0 Å². The fraction of sp³-hybridized carbons (Fsp3) is 0.217. The summed E-state index contributed by atoms with van der Waals surface area (Å²) in [6.45, 7) is 2.08. The molecule has 0 atom stereocenters. The average molecular weight is 401 g/mol. The lowest BCUT2D eigenvalue weighted by Gasteiger charge is -2.13. The zero-order valence-corrected chi connectivity index (χ0v) is 17.2. The monoisotopic (exact) mass is 401 g/mol. The van der Waals surface area contributed by atoms with E-state index in [0.717, 1.165) is 34.4 Å². The highest BCUT2D eigenvalue weighted by molar-refractivity contribution is 5.82. The van der Waals surface area contributed by atoms with Gasteiger partial charge in [0.25, 0.3) is 5.91 Å². The number of pyridine rings is 1. The Morgan fingerprint density at radius 1 is 1.13 bits per heavy atom. The Morgan fingerprint density at radius 3 is 2.73 bits per heavy atom. The van der Waals surface area contributed by atoms with Gasteiger partial charge in [-0.2, -0.15) is 0 Å². The first-order valence-corrected chi connectivity index (χ1v) is 9.78. The summed E-state index contributed by atoms with van der Waals surface area (Å²) >= 11 is 0. The number of carbonyl (C=O) groups excluding carboxylic acids is 1. The molecule has 0 radical (unpaired) electrons. The van der Waals surface area contributed by atoms with Crippen LogP contribution < -0.4 is 4.74 Å². The Kier molecular flexibility index (Phi) is 5.43. The SMILES string of the molecule is CCc1nc(-c2cccnc2)nc2c1ccn2-c1cccc(OCC(=O)N(C)C)c1. The van der Waals surface area contributed by atoms with Crippen molar-refractivity contribution >= 4 is 16.9 Å². The number of aryl methyl sites for hydroxylation is 1. The fourth-order valence-corrected chi connectivity index (χ4v) is 3.18. The Hall–Kier alpha value is -3.74. The summed E-state index contributed by atoms with van der Waals surface area (Å²) in [5, 5.41) is 1.01. The van der Waals surface area contributed by atoms with E-state index in [1.165, 1.54) is 4.90 Å². The molecule has 0 spiro atoms. The molecule has 7 heteroatoms. The van der Waals surface area contributed by atoms with Crippen molar-refractivity contribution in [1.29, 1.82) is 0 Å². The van der Waals surface area contributed by atoms with Crippen LogP contribution >= 0.6 is 0 Å². The molecule has 0 aliphatic heterocycles. The Morgan fingerprint density at radius 2 is 2.00 bits per heavy atom. The number of nitrogens with zero attached hydrogens (tertiary/aromatic N) is 5. The predicted octanol–water partition coefficient (Wildman–Crippen LogP) is 3.51. The zero-order chi connectivity index (χ0) is 21.1. The van der Waals surface area contributed by atoms with Gasteiger partial charge in [0.15, 0.2) is 12.4 Å². The van der Waals surface area contributed by atoms with E-state index in [1.807, 2.05) is 53.2 Å². The van der Waals surface area contributed by atoms with Crippen LogP contribution in [0.4, 0.5) is 0 Å². The van der Waals surface area contributed by atoms with Crippen molar-refractivity contribution in [2.75, 3.05) is 20.7 Å². The van der Waals surface area contributed by atoms with Crippen LogP contribution in [0.1, 0.15) is 12.6 Å². The number of rotatable bonds is 6. The van der Waals surface area contributed by atoms with Crippen LogP contribution in [0.25, 0.3) is 28.1 Å². The summed E-state index contributed by atoms with van der Waals surface area (Å²) in [7, 11) is 3.41. The normalized spacial score (nSPS) is 10.9. The van der Waals surface area contributed by atoms with E-state index in [-0.39, 0.29) is 12.5 Å². The van der Waals surface area contributed by atoms with Crippen molar-refractivity contribution in [2.45, 2.75) is 13.3 Å². The molecule has 0 unspecified atom stereocenters. The van der Waals surface area contributed by atoms with Gasteiger partial charge < -0.3 is 14.2 Å². The van der Waals surface area contributed by atoms with Crippen molar-refractivity contribution in [3.8, 4) is 22.8 Å². The Balaban J connectivity index is 1.74. The Bertz CT molecular complexity index is 1180. The molecule has 4 rings (SSSR count). The van der Waals surface area contributed by atoms with E-state index in [0.29, 0.717) is 11.6 Å². The number of aromatic nitrogens is 4. The van der Waals surface area contributed by atoms with Crippen molar-refractivity contribution in [1.82, 2.24) is 24.4 Å². The zero-order valence-electron chi connectivity index (χ0n) is 17.2. The molecule has 1 aromatic carbocycles. The van der Waals surface area contributed by atoms with Crippen LogP contribution in [-0.4, -0.2) is 51.0 Å². The summed E-state index contributed by atoms with van der Waals surface area (Å²) in [4.78, 5) is 27.1. The number of fused-ring (bicyclic) bond motifs is 1. The summed E-state index contributed by atoms with van der Waals surface area (Å²) in [6, 6.07) is 13.5. The molecular formula is C23H23N5O2. The van der Waals surface area contributed by atoms with Gasteiger partial charge in [-0.3, -0.25) is 9.78 Å². The molecule has 0 saturated carbocycles. The van der Waals surface area contributed by atoms with Crippen molar-refractivity contribution in [2.24, 2.45) is 0 Å². The van der Waals surface area contributed by atoms with Gasteiger partial charge in [-0.05, 0) is 36.8 Å². The summed E-state index contributed by atoms with van der Waals surface area (Å²) < 4.78 is 7.68. The number of ether oxygens (including phenoxy) is 1. The summed E-state index contributed by atoms with van der Waals surface area (Å²) in [6.07, 6.45) is 6.28. The lowest BCUT2D eigenvalue weighted by atomic mass is 10.2. The van der Waals surface area contributed by atoms with E-state index >= 15 is 0 Å². The molecule has 0 fully saturated rings. The standard InChI is InChI=1S/C23H23N5O2/c1-4-20-19-10-12-28(23(19)26-22(25-20)16-7-6-11-24-14-16)17-8-5-9-18(13-17)30-15-21(29)27(2)3/h5-14H,4,15H2,1-3H3. The number of hydrogen-bond acceptors (Lipinski definition) is 5. The number of likely N-dealkylation sites (N-methyl/N-ethyl adjacent to an activating group) is 1. The number of carbonyl (C=O) groups is 1. The van der Waals surface area contributed by atoms with Gasteiger partial charge in [-0.25, -0.2) is 9.97 Å². The van der Waals surface area contributed by atoms with E-state index in [1.54, 1.807) is 26.5 Å². The van der Waals surface area contributed by atoms with Gasteiger partial charge in [-0.15, -0.1) is 0 Å². The molecule has 1 amide bonds. The first kappa shape index (κ1) is 19.6. The third-order valence-corrected chi connectivity index (χ3v) is 4.83. The molecule has 0 aliphatic rings. The molecule has 0 bridgehead atoms. The van der Waals surface area contributed by atoms with E-state index < -0.39 is 0 Å². The molecule has 30 heavy (non-hydrogen) atoms. The highest BCUT2D eigenvalue weighted by Crippen LogP contribution is 2.26. The summed E-state index contributed by atoms with van der Waals surface area (Å²) in [5.41, 5.74) is 3.59. The number of benzene rings is 1. The first-order valence-electron chi connectivity index (χ1n) is 9.78. The van der Waals surface area contributed by atoms with Crippen molar-refractivity contribution < 1.29 is 9.53 Å². The van der Waals surface area contributed by atoms with Gasteiger partial charge in [0.1, 0.15) is 11.4 Å². The molecule has 3 heterocycles. The van der Waals surface area contributed by atoms with E-state index in [2.05, 4.69) is 11.9 Å². The van der Waals surface area contributed by atoms with Crippen LogP contribution in [0.2, 0.25) is 0 Å². The maximum Gasteiger partial charge on any atom is 0.259 e. The third-order valence-electron chi connectivity index (χ3n) is 4.83. The predicted molar refractivity (Wildman–Crippen MR) is 116 cm³/mol. The van der Waals surface area contributed by atoms with E-state index in [9.17, 15) is 4.79 Å². The molecule has 0 N–H and O–H groups in total. The van der Waals surface area contributed by atoms with Gasteiger partial charge in [0.05, 0.1) is 11.4 Å². The third kappa shape index (κ3) is 3.87. The number of amides is 1. The van der Waals surface area contributed by atoms with Crippen LogP contribution in [0.5, 0.6) is 5.75 Å². The maximum absolute atomic E-state index is 11.8. The van der Waals surface area contributed by atoms with Gasteiger partial charge in [-0.1, -0.05) is 13.0 Å². The highest BCUT2D eigenvalue weighted by atomic mass is 16.5. The van der Waals surface area contributed by atoms with E-state index in [4.69, 9.17) is 14.7 Å². The number of hydrogen-bond donors (Lipinski definition) is 0. The molecule has 4 aromatic rings. The molecule has 3 aromatic heterocycles. The fourth-order valence-electron chi connectivity index (χ4n) is 3.18. The van der Waals surface area contributed by atoms with Crippen molar-refractivity contribution in [3.63, 3.8) is 0 Å². The van der Waals surface area contributed by atoms with Crippen LogP contribution in [-0.2, 0) is 11.2 Å². The smallest absolute Gasteiger partial charge is 0.259 e. The quantitative estimate of drug-likeness (QED) is 0.494. The highest BCUT2D eigenvalue weighted by Gasteiger charge is 2.14. The topological polar surface area (TPSA) is 73.1 Å². The largest absolute Gasteiger partial charge is 0.484 e. The lowest BCUT2D eigenvalue weighted by Crippen LogP contribution is -2.27. The second-order valence-corrected chi connectivity index (χ2v) is 7.09. The van der Waals surface area contributed by atoms with Crippen molar-refractivity contribution in [3.05, 3.63) is 66.7 Å². The molecule has 7 nitrogen and oxygen atoms in total. The molecule has 152 valence electrons. The van der Waals surface area contributed by atoms with Gasteiger partial charge in [0.2, 0.25) is 0 Å².